The zero-order valence-electron chi connectivity index (χ0n) is 13.1. The van der Waals surface area contributed by atoms with Crippen molar-refractivity contribution >= 4 is 11.9 Å². The zero-order valence-corrected chi connectivity index (χ0v) is 13.1. The third-order valence-corrected chi connectivity index (χ3v) is 3.75. The van der Waals surface area contributed by atoms with Crippen LogP contribution in [-0.4, -0.2) is 49.2 Å². The number of piperidine rings is 1. The van der Waals surface area contributed by atoms with E-state index in [0.29, 0.717) is 0 Å². The second kappa shape index (κ2) is 8.25. The maximum absolute atomic E-state index is 11.3. The number of rotatable bonds is 6. The van der Waals surface area contributed by atoms with E-state index in [1.807, 2.05) is 7.05 Å². The lowest BCUT2D eigenvalue weighted by molar-refractivity contribution is -0.164. The monoisotopic (exact) mass is 285 g/mol. The lowest BCUT2D eigenvalue weighted by Gasteiger charge is -2.39. The predicted octanol–water partition coefficient (Wildman–Crippen LogP) is 1.99. The smallest absolute Gasteiger partial charge is 0.302 e. The molecule has 116 valence electrons. The highest BCUT2D eigenvalue weighted by Crippen LogP contribution is 2.27. The van der Waals surface area contributed by atoms with Crippen LogP contribution in [0.1, 0.15) is 46.5 Å². The average Bonchev–Trinajstić information content (AvgIpc) is 2.35. The summed E-state index contributed by atoms with van der Waals surface area (Å²) in [6.07, 6.45) is 3.37. The molecule has 0 aromatic heterocycles. The molecule has 1 fully saturated rings. The Hall–Kier alpha value is -1.10. The number of likely N-dealkylation sites (tertiary alicyclic amines) is 1. The summed E-state index contributed by atoms with van der Waals surface area (Å²) in [5.74, 6) is -0.462. The third kappa shape index (κ3) is 5.49. The number of carbonyl (C=O) groups excluding carboxylic acids is 2. The molecular formula is C15H27NO4. The third-order valence-electron chi connectivity index (χ3n) is 3.75. The van der Waals surface area contributed by atoms with Gasteiger partial charge >= 0.3 is 11.9 Å². The molecule has 5 nitrogen and oxygen atoms in total. The van der Waals surface area contributed by atoms with E-state index in [1.165, 1.54) is 13.8 Å². The summed E-state index contributed by atoms with van der Waals surface area (Å²) in [4.78, 5) is 24.8. The Kier molecular flexibility index (Phi) is 6.99. The molecule has 1 aliphatic rings. The molecule has 1 heterocycles. The maximum Gasteiger partial charge on any atom is 0.302 e. The van der Waals surface area contributed by atoms with E-state index in [4.69, 9.17) is 9.47 Å². The van der Waals surface area contributed by atoms with Crippen LogP contribution in [-0.2, 0) is 19.1 Å². The Morgan fingerprint density at radius 2 is 2.00 bits per heavy atom. The van der Waals surface area contributed by atoms with Crippen LogP contribution < -0.4 is 0 Å². The molecule has 0 bridgehead atoms. The van der Waals surface area contributed by atoms with Gasteiger partial charge in [-0.05, 0) is 19.9 Å². The summed E-state index contributed by atoms with van der Waals surface area (Å²) in [5, 5.41) is 0. The fourth-order valence-corrected chi connectivity index (χ4v) is 2.83. The molecule has 3 unspecified atom stereocenters. The Bertz CT molecular complexity index is 332. The summed E-state index contributed by atoms with van der Waals surface area (Å²) < 4.78 is 10.9. The fraction of sp³-hybridized carbons (Fsp3) is 0.867. The van der Waals surface area contributed by atoms with Gasteiger partial charge in [0.15, 0.2) is 0 Å². The first-order valence-corrected chi connectivity index (χ1v) is 7.47. The summed E-state index contributed by atoms with van der Waals surface area (Å²) in [5.41, 5.74) is 0. The van der Waals surface area contributed by atoms with E-state index < -0.39 is 0 Å². The second-order valence-corrected chi connectivity index (χ2v) is 5.65. The molecule has 0 aromatic rings. The molecule has 1 aliphatic heterocycles. The van der Waals surface area contributed by atoms with Gasteiger partial charge in [0, 0.05) is 32.9 Å². The summed E-state index contributed by atoms with van der Waals surface area (Å²) in [6, 6.07) is 0. The van der Waals surface area contributed by atoms with Crippen LogP contribution in [0.5, 0.6) is 0 Å². The van der Waals surface area contributed by atoms with E-state index in [0.717, 1.165) is 38.8 Å². The molecule has 1 rings (SSSR count). The van der Waals surface area contributed by atoms with Crippen molar-refractivity contribution in [1.82, 2.24) is 4.90 Å². The van der Waals surface area contributed by atoms with Crippen molar-refractivity contribution in [1.29, 1.82) is 0 Å². The van der Waals surface area contributed by atoms with Crippen LogP contribution in [0.15, 0.2) is 0 Å². The molecule has 3 atom stereocenters. The molecular weight excluding hydrogens is 258 g/mol. The maximum atomic E-state index is 11.3. The molecule has 0 amide bonds. The minimum absolute atomic E-state index is 0.0631. The number of carbonyl (C=O) groups is 2. The Morgan fingerprint density at radius 1 is 1.30 bits per heavy atom. The zero-order chi connectivity index (χ0) is 15.1. The minimum atomic E-state index is -0.263. The van der Waals surface area contributed by atoms with Gasteiger partial charge in [-0.15, -0.1) is 0 Å². The van der Waals surface area contributed by atoms with Gasteiger partial charge in [0.05, 0.1) is 0 Å². The summed E-state index contributed by atoms with van der Waals surface area (Å²) in [6.45, 7) is 6.67. The van der Waals surface area contributed by atoms with E-state index in [9.17, 15) is 9.59 Å². The van der Waals surface area contributed by atoms with Gasteiger partial charge in [0.2, 0.25) is 0 Å². The molecule has 0 aliphatic carbocycles. The highest BCUT2D eigenvalue weighted by Gasteiger charge is 2.37. The largest absolute Gasteiger partial charge is 0.462 e. The highest BCUT2D eigenvalue weighted by atomic mass is 16.6. The molecule has 5 heteroatoms. The van der Waals surface area contributed by atoms with Gasteiger partial charge in [0.1, 0.15) is 12.2 Å². The molecule has 0 aromatic carbocycles. The Balaban J connectivity index is 2.78. The number of esters is 2. The average molecular weight is 285 g/mol. The van der Waals surface area contributed by atoms with Crippen LogP contribution in [0.3, 0.4) is 0 Å². The molecule has 0 N–H and O–H groups in total. The number of nitrogens with zero attached hydrogens (tertiary/aromatic N) is 1. The van der Waals surface area contributed by atoms with Crippen molar-refractivity contribution in [2.75, 3.05) is 20.1 Å². The van der Waals surface area contributed by atoms with Gasteiger partial charge < -0.3 is 14.4 Å². The van der Waals surface area contributed by atoms with Gasteiger partial charge in [-0.2, -0.15) is 0 Å². The highest BCUT2D eigenvalue weighted by molar-refractivity contribution is 5.66. The normalized spacial score (nSPS) is 25.0. The molecule has 0 saturated carbocycles. The van der Waals surface area contributed by atoms with E-state index >= 15 is 0 Å². The van der Waals surface area contributed by atoms with Crippen molar-refractivity contribution in [3.05, 3.63) is 0 Å². The van der Waals surface area contributed by atoms with E-state index in [-0.39, 0.29) is 30.1 Å². The standard InChI is InChI=1S/C15H27NO4/c1-5-6-7-14(19-11(2)17)13-10-16(4)9-8-15(13)20-12(3)18/h13-15H,5-10H2,1-4H3. The fourth-order valence-electron chi connectivity index (χ4n) is 2.83. The van der Waals surface area contributed by atoms with Gasteiger partial charge in [-0.1, -0.05) is 19.8 Å². The van der Waals surface area contributed by atoms with Crippen LogP contribution in [0.4, 0.5) is 0 Å². The van der Waals surface area contributed by atoms with Crippen LogP contribution in [0.25, 0.3) is 0 Å². The van der Waals surface area contributed by atoms with E-state index in [2.05, 4.69) is 11.8 Å². The number of unbranched alkanes of at least 4 members (excludes halogenated alkanes) is 1. The molecule has 0 radical (unpaired) electrons. The number of hydrogen-bond acceptors (Lipinski definition) is 5. The minimum Gasteiger partial charge on any atom is -0.462 e. The first-order chi connectivity index (χ1) is 9.43. The predicted molar refractivity (Wildman–Crippen MR) is 76.2 cm³/mol. The number of ether oxygens (including phenoxy) is 2. The quantitative estimate of drug-likeness (QED) is 0.699. The van der Waals surface area contributed by atoms with Gasteiger partial charge in [-0.25, -0.2) is 0 Å². The van der Waals surface area contributed by atoms with Crippen LogP contribution >= 0.6 is 0 Å². The van der Waals surface area contributed by atoms with Crippen LogP contribution in [0.2, 0.25) is 0 Å². The van der Waals surface area contributed by atoms with Crippen molar-refractivity contribution in [2.45, 2.75) is 58.7 Å². The molecule has 20 heavy (non-hydrogen) atoms. The Labute approximate surface area is 121 Å². The Morgan fingerprint density at radius 3 is 2.55 bits per heavy atom. The summed E-state index contributed by atoms with van der Waals surface area (Å²) in [7, 11) is 2.04. The topological polar surface area (TPSA) is 55.8 Å². The van der Waals surface area contributed by atoms with E-state index in [1.54, 1.807) is 0 Å². The van der Waals surface area contributed by atoms with Crippen molar-refractivity contribution in [3.8, 4) is 0 Å². The molecule has 0 spiro atoms. The second-order valence-electron chi connectivity index (χ2n) is 5.65. The molecule has 1 saturated heterocycles. The van der Waals surface area contributed by atoms with Crippen molar-refractivity contribution in [2.24, 2.45) is 5.92 Å². The van der Waals surface area contributed by atoms with Gasteiger partial charge in [0.25, 0.3) is 0 Å². The van der Waals surface area contributed by atoms with Crippen molar-refractivity contribution in [3.63, 3.8) is 0 Å². The van der Waals surface area contributed by atoms with Gasteiger partial charge in [-0.3, -0.25) is 9.59 Å². The number of hydrogen-bond donors (Lipinski definition) is 0. The first-order valence-electron chi connectivity index (χ1n) is 7.47. The van der Waals surface area contributed by atoms with Crippen LogP contribution in [0, 0.1) is 5.92 Å². The lowest BCUT2D eigenvalue weighted by Crippen LogP contribution is -2.49. The van der Waals surface area contributed by atoms with Crippen molar-refractivity contribution < 1.29 is 19.1 Å². The SMILES string of the molecule is CCCCC(OC(C)=O)C1CN(C)CCC1OC(C)=O. The first kappa shape index (κ1) is 17.0. The lowest BCUT2D eigenvalue weighted by atomic mass is 9.87. The summed E-state index contributed by atoms with van der Waals surface area (Å²) >= 11 is 0.